The van der Waals surface area contributed by atoms with E-state index in [0.29, 0.717) is 36.0 Å². The van der Waals surface area contributed by atoms with Crippen LogP contribution >= 0.6 is 0 Å². The third kappa shape index (κ3) is 4.01. The van der Waals surface area contributed by atoms with Gasteiger partial charge in [0.05, 0.1) is 18.8 Å². The van der Waals surface area contributed by atoms with E-state index in [1.165, 1.54) is 11.4 Å². The lowest BCUT2D eigenvalue weighted by atomic mass is 10.1. The molecule has 1 N–H and O–H groups in total. The second kappa shape index (κ2) is 8.41. The zero-order valence-corrected chi connectivity index (χ0v) is 17.8. The van der Waals surface area contributed by atoms with Crippen LogP contribution < -0.4 is 10.1 Å². The fraction of sp³-hybridized carbons (Fsp3) is 0.273. The molecule has 0 bridgehead atoms. The van der Waals surface area contributed by atoms with Gasteiger partial charge >= 0.3 is 0 Å². The van der Waals surface area contributed by atoms with Crippen LogP contribution in [0.3, 0.4) is 0 Å². The van der Waals surface area contributed by atoms with Gasteiger partial charge in [0.15, 0.2) is 0 Å². The highest BCUT2D eigenvalue weighted by molar-refractivity contribution is 7.89. The molecule has 0 amide bonds. The van der Waals surface area contributed by atoms with E-state index in [-0.39, 0.29) is 10.9 Å². The van der Waals surface area contributed by atoms with E-state index in [2.05, 4.69) is 15.3 Å². The fourth-order valence-electron chi connectivity index (χ4n) is 3.71. The number of sulfonamides is 1. The summed E-state index contributed by atoms with van der Waals surface area (Å²) in [5.41, 5.74) is 1.58. The number of anilines is 2. The maximum atomic E-state index is 13.5. The van der Waals surface area contributed by atoms with Crippen LogP contribution in [0, 0.1) is 6.92 Å². The number of ether oxygens (including phenoxy) is 1. The first-order chi connectivity index (χ1) is 14.5. The first-order valence-electron chi connectivity index (χ1n) is 9.80. The van der Waals surface area contributed by atoms with Crippen LogP contribution in [0.5, 0.6) is 5.75 Å². The Morgan fingerprint density at radius 3 is 2.70 bits per heavy atom. The molecular formula is C22H24N4O3S. The van der Waals surface area contributed by atoms with Crippen LogP contribution in [0.2, 0.25) is 0 Å². The van der Waals surface area contributed by atoms with Gasteiger partial charge in [0.2, 0.25) is 10.0 Å². The van der Waals surface area contributed by atoms with Crippen molar-refractivity contribution < 1.29 is 13.2 Å². The van der Waals surface area contributed by atoms with Crippen LogP contribution in [0.15, 0.2) is 65.7 Å². The van der Waals surface area contributed by atoms with Crippen LogP contribution in [-0.4, -0.2) is 36.3 Å². The Morgan fingerprint density at radius 2 is 1.93 bits per heavy atom. The highest BCUT2D eigenvalue weighted by Crippen LogP contribution is 2.38. The van der Waals surface area contributed by atoms with Crippen molar-refractivity contribution in [1.29, 1.82) is 0 Å². The number of pyridine rings is 2. The van der Waals surface area contributed by atoms with Crippen molar-refractivity contribution in [2.24, 2.45) is 0 Å². The van der Waals surface area contributed by atoms with Crippen LogP contribution in [0.4, 0.5) is 11.6 Å². The highest BCUT2D eigenvalue weighted by Gasteiger charge is 2.38. The van der Waals surface area contributed by atoms with Crippen molar-refractivity contribution in [3.05, 3.63) is 72.1 Å². The summed E-state index contributed by atoms with van der Waals surface area (Å²) in [4.78, 5) is 9.12. The quantitative estimate of drug-likeness (QED) is 0.642. The van der Waals surface area contributed by atoms with Crippen molar-refractivity contribution in [3.8, 4) is 5.75 Å². The number of hydrogen-bond donors (Lipinski definition) is 1. The molecule has 0 aliphatic carbocycles. The van der Waals surface area contributed by atoms with E-state index in [4.69, 9.17) is 4.74 Å². The zero-order chi connectivity index (χ0) is 21.1. The molecule has 8 heteroatoms. The molecule has 3 heterocycles. The highest BCUT2D eigenvalue weighted by atomic mass is 32.2. The molecule has 1 aliphatic rings. The van der Waals surface area contributed by atoms with E-state index in [9.17, 15) is 8.42 Å². The third-order valence-electron chi connectivity index (χ3n) is 5.14. The van der Waals surface area contributed by atoms with Crippen molar-refractivity contribution in [1.82, 2.24) is 14.3 Å². The molecule has 0 spiro atoms. The Bertz CT molecular complexity index is 1140. The van der Waals surface area contributed by atoms with Gasteiger partial charge < -0.3 is 10.1 Å². The molecule has 4 rings (SSSR count). The minimum Gasteiger partial charge on any atom is -0.495 e. The third-order valence-corrected chi connectivity index (χ3v) is 7.07. The summed E-state index contributed by atoms with van der Waals surface area (Å²) in [5, 5.41) is 3.17. The van der Waals surface area contributed by atoms with Gasteiger partial charge in [-0.25, -0.2) is 18.4 Å². The summed E-state index contributed by atoms with van der Waals surface area (Å²) in [6.45, 7) is 2.32. The summed E-state index contributed by atoms with van der Waals surface area (Å²) in [5.74, 6) is 1.66. The molecule has 156 valence electrons. The molecule has 0 saturated carbocycles. The van der Waals surface area contributed by atoms with Crippen LogP contribution in [-0.2, 0) is 10.0 Å². The summed E-state index contributed by atoms with van der Waals surface area (Å²) in [6.07, 6.45) is 3.19. The van der Waals surface area contributed by atoms with Crippen LogP contribution in [0.1, 0.15) is 30.1 Å². The topological polar surface area (TPSA) is 84.4 Å². The van der Waals surface area contributed by atoms with E-state index in [1.807, 2.05) is 49.4 Å². The molecule has 1 fully saturated rings. The predicted molar refractivity (Wildman–Crippen MR) is 115 cm³/mol. The van der Waals surface area contributed by atoms with E-state index in [0.717, 1.165) is 12.0 Å². The van der Waals surface area contributed by atoms with Gasteiger partial charge in [0, 0.05) is 12.7 Å². The maximum absolute atomic E-state index is 13.5. The van der Waals surface area contributed by atoms with E-state index < -0.39 is 10.0 Å². The minimum atomic E-state index is -3.74. The van der Waals surface area contributed by atoms with Crippen molar-refractivity contribution in [2.75, 3.05) is 19.0 Å². The second-order valence-corrected chi connectivity index (χ2v) is 9.07. The second-order valence-electron chi connectivity index (χ2n) is 7.22. The largest absolute Gasteiger partial charge is 0.495 e. The van der Waals surface area contributed by atoms with Gasteiger partial charge in [0.1, 0.15) is 22.3 Å². The first-order valence-corrected chi connectivity index (χ1v) is 11.2. The molecule has 0 unspecified atom stereocenters. The zero-order valence-electron chi connectivity index (χ0n) is 16.9. The number of aromatic nitrogens is 2. The number of hydrogen-bond acceptors (Lipinski definition) is 6. The molecule has 1 saturated heterocycles. The van der Waals surface area contributed by atoms with E-state index >= 15 is 0 Å². The Hall–Kier alpha value is -2.97. The maximum Gasteiger partial charge on any atom is 0.247 e. The number of nitrogens with zero attached hydrogens (tertiary/aromatic N) is 3. The molecule has 7 nitrogen and oxygen atoms in total. The van der Waals surface area contributed by atoms with Gasteiger partial charge in [-0.3, -0.25) is 0 Å². The van der Waals surface area contributed by atoms with Gasteiger partial charge in [-0.15, -0.1) is 0 Å². The molecule has 3 aromatic rings. The first kappa shape index (κ1) is 20.3. The van der Waals surface area contributed by atoms with Gasteiger partial charge in [0.25, 0.3) is 0 Å². The molecule has 1 aliphatic heterocycles. The number of methoxy groups -OCH3 is 1. The summed E-state index contributed by atoms with van der Waals surface area (Å²) in [7, 11) is -2.25. The average Bonchev–Trinajstić information content (AvgIpc) is 3.26. The normalized spacial score (nSPS) is 17.1. The molecule has 1 atom stereocenters. The predicted octanol–water partition coefficient (Wildman–Crippen LogP) is 4.06. The number of nitrogens with one attached hydrogen (secondary N) is 1. The van der Waals surface area contributed by atoms with Crippen molar-refractivity contribution >= 4 is 21.7 Å². The van der Waals surface area contributed by atoms with E-state index in [1.54, 1.807) is 18.3 Å². The van der Waals surface area contributed by atoms with Crippen molar-refractivity contribution in [3.63, 3.8) is 0 Å². The average molecular weight is 425 g/mol. The monoisotopic (exact) mass is 424 g/mol. The SMILES string of the molecule is COc1ccc(C)cc1S(=O)(=O)N1CCC[C@@H]1c1cccc(Nc2ccccn2)n1. The Morgan fingerprint density at radius 1 is 1.10 bits per heavy atom. The number of benzene rings is 1. The smallest absolute Gasteiger partial charge is 0.247 e. The van der Waals surface area contributed by atoms with Crippen LogP contribution in [0.25, 0.3) is 0 Å². The fourth-order valence-corrected chi connectivity index (χ4v) is 5.62. The summed E-state index contributed by atoms with van der Waals surface area (Å²) in [6, 6.07) is 16.0. The molecular weight excluding hydrogens is 400 g/mol. The van der Waals surface area contributed by atoms with Gasteiger partial charge in [-0.05, 0) is 61.7 Å². The lowest BCUT2D eigenvalue weighted by Crippen LogP contribution is -2.31. The lowest BCUT2D eigenvalue weighted by molar-refractivity contribution is 0.377. The van der Waals surface area contributed by atoms with Gasteiger partial charge in [-0.2, -0.15) is 4.31 Å². The Kier molecular flexibility index (Phi) is 5.69. The lowest BCUT2D eigenvalue weighted by Gasteiger charge is -2.25. The Balaban J connectivity index is 1.66. The summed E-state index contributed by atoms with van der Waals surface area (Å²) < 4.78 is 33.9. The molecule has 2 aromatic heterocycles. The van der Waals surface area contributed by atoms with Crippen molar-refractivity contribution in [2.45, 2.75) is 30.7 Å². The molecule has 1 aromatic carbocycles. The number of aryl methyl sites for hydroxylation is 1. The van der Waals surface area contributed by atoms with Gasteiger partial charge in [-0.1, -0.05) is 18.2 Å². The summed E-state index contributed by atoms with van der Waals surface area (Å²) >= 11 is 0. The Labute approximate surface area is 176 Å². The molecule has 0 radical (unpaired) electrons. The molecule has 30 heavy (non-hydrogen) atoms. The number of rotatable bonds is 6. The minimum absolute atomic E-state index is 0.194. The standard InChI is InChI=1S/C22H24N4O3S/c1-16-11-12-19(29-2)20(15-16)30(27,28)26-14-6-8-18(26)17-7-5-10-22(24-17)25-21-9-3-4-13-23-21/h3-5,7,9-13,15,18H,6,8,14H2,1-2H3,(H,23,24,25)/t18-/m1/s1.